The molecule has 2 aromatic rings. The van der Waals surface area contributed by atoms with Gasteiger partial charge in [-0.05, 0) is 49.2 Å². The van der Waals surface area contributed by atoms with E-state index in [2.05, 4.69) is 5.32 Å². The normalized spacial score (nSPS) is 10.3. The molecule has 0 bridgehead atoms. The molecular formula is C16H15Cl2NO2. The molecule has 0 aliphatic carbocycles. The van der Waals surface area contributed by atoms with Crippen LogP contribution in [0.4, 0.5) is 5.69 Å². The molecule has 0 aliphatic rings. The molecule has 0 unspecified atom stereocenters. The van der Waals surface area contributed by atoms with Crippen LogP contribution in [0.1, 0.15) is 11.1 Å². The van der Waals surface area contributed by atoms with Crippen LogP contribution in [-0.2, 0) is 4.79 Å². The Morgan fingerprint density at radius 1 is 1.19 bits per heavy atom. The smallest absolute Gasteiger partial charge is 0.262 e. The Morgan fingerprint density at radius 3 is 2.67 bits per heavy atom. The van der Waals surface area contributed by atoms with Gasteiger partial charge in [-0.2, -0.15) is 0 Å². The average Bonchev–Trinajstić information content (AvgIpc) is 2.43. The first kappa shape index (κ1) is 15.7. The van der Waals surface area contributed by atoms with Crippen molar-refractivity contribution >= 4 is 34.8 Å². The van der Waals surface area contributed by atoms with Crippen molar-refractivity contribution in [1.29, 1.82) is 0 Å². The highest BCUT2D eigenvalue weighted by Gasteiger charge is 2.08. The summed E-state index contributed by atoms with van der Waals surface area (Å²) >= 11 is 11.8. The van der Waals surface area contributed by atoms with Crippen molar-refractivity contribution in [2.45, 2.75) is 13.8 Å². The molecule has 0 heterocycles. The molecule has 0 saturated carbocycles. The lowest BCUT2D eigenvalue weighted by Crippen LogP contribution is -2.20. The zero-order valence-electron chi connectivity index (χ0n) is 11.7. The van der Waals surface area contributed by atoms with Crippen molar-refractivity contribution in [3.05, 3.63) is 57.6 Å². The Morgan fingerprint density at radius 2 is 1.95 bits per heavy atom. The number of ether oxygens (including phenoxy) is 1. The standard InChI is InChI=1S/C16H15Cl2NO2/c1-10-4-3-5-14(11(10)2)19-16(20)9-21-15-7-6-12(17)8-13(15)18/h3-8H,9H2,1-2H3,(H,19,20). The minimum Gasteiger partial charge on any atom is -0.482 e. The van der Waals surface area contributed by atoms with Crippen molar-refractivity contribution in [3.63, 3.8) is 0 Å². The SMILES string of the molecule is Cc1cccc(NC(=O)COc2ccc(Cl)cc2Cl)c1C. The fraction of sp³-hybridized carbons (Fsp3) is 0.188. The molecule has 110 valence electrons. The van der Waals surface area contributed by atoms with Crippen molar-refractivity contribution in [3.8, 4) is 5.75 Å². The largest absolute Gasteiger partial charge is 0.482 e. The number of benzene rings is 2. The van der Waals surface area contributed by atoms with Crippen LogP contribution in [0.25, 0.3) is 0 Å². The second kappa shape index (κ2) is 6.83. The van der Waals surface area contributed by atoms with Gasteiger partial charge in [0.15, 0.2) is 6.61 Å². The molecule has 1 N–H and O–H groups in total. The summed E-state index contributed by atoms with van der Waals surface area (Å²) in [6, 6.07) is 10.6. The molecule has 2 rings (SSSR count). The summed E-state index contributed by atoms with van der Waals surface area (Å²) in [6.07, 6.45) is 0. The zero-order chi connectivity index (χ0) is 15.4. The van der Waals surface area contributed by atoms with Gasteiger partial charge >= 0.3 is 0 Å². The minimum absolute atomic E-state index is 0.116. The van der Waals surface area contributed by atoms with Crippen LogP contribution < -0.4 is 10.1 Å². The molecule has 0 radical (unpaired) electrons. The number of nitrogens with one attached hydrogen (secondary N) is 1. The van der Waals surface area contributed by atoms with Crippen molar-refractivity contribution in [2.75, 3.05) is 11.9 Å². The van der Waals surface area contributed by atoms with Crippen LogP contribution in [0.15, 0.2) is 36.4 Å². The number of halogens is 2. The van der Waals surface area contributed by atoms with E-state index < -0.39 is 0 Å². The van der Waals surface area contributed by atoms with Gasteiger partial charge in [0.05, 0.1) is 5.02 Å². The summed E-state index contributed by atoms with van der Waals surface area (Å²) in [5.41, 5.74) is 2.94. The maximum atomic E-state index is 11.9. The Hall–Kier alpha value is -1.71. The average molecular weight is 324 g/mol. The van der Waals surface area contributed by atoms with Crippen LogP contribution in [0.3, 0.4) is 0 Å². The minimum atomic E-state index is -0.241. The lowest BCUT2D eigenvalue weighted by Gasteiger charge is -2.11. The zero-order valence-corrected chi connectivity index (χ0v) is 13.3. The van der Waals surface area contributed by atoms with Gasteiger partial charge in [-0.25, -0.2) is 0 Å². The van der Waals surface area contributed by atoms with Gasteiger partial charge in [0, 0.05) is 10.7 Å². The van der Waals surface area contributed by atoms with Gasteiger partial charge in [0.25, 0.3) is 5.91 Å². The lowest BCUT2D eigenvalue weighted by atomic mass is 10.1. The Kier molecular flexibility index (Phi) is 5.10. The van der Waals surface area contributed by atoms with Gasteiger partial charge in [-0.15, -0.1) is 0 Å². The van der Waals surface area contributed by atoms with E-state index in [1.165, 1.54) is 0 Å². The van der Waals surface area contributed by atoms with E-state index in [0.29, 0.717) is 15.8 Å². The van der Waals surface area contributed by atoms with Gasteiger partial charge < -0.3 is 10.1 Å². The molecule has 2 aromatic carbocycles. The molecule has 0 saturated heterocycles. The number of hydrogen-bond donors (Lipinski definition) is 1. The highest BCUT2D eigenvalue weighted by Crippen LogP contribution is 2.27. The summed E-state index contributed by atoms with van der Waals surface area (Å²) in [5, 5.41) is 3.72. The van der Waals surface area contributed by atoms with Crippen LogP contribution in [0, 0.1) is 13.8 Å². The summed E-state index contributed by atoms with van der Waals surface area (Å²) in [5.74, 6) is 0.187. The summed E-state index contributed by atoms with van der Waals surface area (Å²) in [6.45, 7) is 3.84. The molecule has 5 heteroatoms. The lowest BCUT2D eigenvalue weighted by molar-refractivity contribution is -0.118. The van der Waals surface area contributed by atoms with Gasteiger partial charge in [0.2, 0.25) is 0 Å². The highest BCUT2D eigenvalue weighted by molar-refractivity contribution is 6.35. The number of aryl methyl sites for hydroxylation is 1. The van der Waals surface area contributed by atoms with E-state index in [-0.39, 0.29) is 12.5 Å². The predicted octanol–water partition coefficient (Wildman–Crippen LogP) is 4.63. The van der Waals surface area contributed by atoms with Gasteiger partial charge in [-0.3, -0.25) is 4.79 Å². The van der Waals surface area contributed by atoms with E-state index in [1.807, 2.05) is 32.0 Å². The third-order valence-electron chi connectivity index (χ3n) is 3.13. The molecule has 0 atom stereocenters. The third-order valence-corrected chi connectivity index (χ3v) is 3.66. The third kappa shape index (κ3) is 4.13. The molecule has 1 amide bonds. The van der Waals surface area contributed by atoms with Gasteiger partial charge in [0.1, 0.15) is 5.75 Å². The quantitative estimate of drug-likeness (QED) is 0.890. The van der Waals surface area contributed by atoms with E-state index in [0.717, 1.165) is 16.8 Å². The molecule has 0 aliphatic heterocycles. The second-order valence-electron chi connectivity index (χ2n) is 4.66. The number of amides is 1. The fourth-order valence-corrected chi connectivity index (χ4v) is 2.27. The van der Waals surface area contributed by atoms with Crippen molar-refractivity contribution in [1.82, 2.24) is 0 Å². The first-order valence-electron chi connectivity index (χ1n) is 6.41. The van der Waals surface area contributed by atoms with Crippen LogP contribution in [0.5, 0.6) is 5.75 Å². The number of carbonyl (C=O) groups excluding carboxylic acids is 1. The maximum Gasteiger partial charge on any atom is 0.262 e. The van der Waals surface area contributed by atoms with Crippen LogP contribution >= 0.6 is 23.2 Å². The van der Waals surface area contributed by atoms with Crippen molar-refractivity contribution < 1.29 is 9.53 Å². The van der Waals surface area contributed by atoms with Crippen molar-refractivity contribution in [2.24, 2.45) is 0 Å². The fourth-order valence-electron chi connectivity index (χ4n) is 1.81. The topological polar surface area (TPSA) is 38.3 Å². The van der Waals surface area contributed by atoms with E-state index in [4.69, 9.17) is 27.9 Å². The Balaban J connectivity index is 1.97. The number of anilines is 1. The summed E-state index contributed by atoms with van der Waals surface area (Å²) in [4.78, 5) is 11.9. The van der Waals surface area contributed by atoms with E-state index in [1.54, 1.807) is 18.2 Å². The van der Waals surface area contributed by atoms with Gasteiger partial charge in [-0.1, -0.05) is 35.3 Å². The van der Waals surface area contributed by atoms with Crippen LogP contribution in [-0.4, -0.2) is 12.5 Å². The molecule has 0 fully saturated rings. The first-order chi connectivity index (χ1) is 9.97. The summed E-state index contributed by atoms with van der Waals surface area (Å²) in [7, 11) is 0. The number of rotatable bonds is 4. The van der Waals surface area contributed by atoms with E-state index in [9.17, 15) is 4.79 Å². The maximum absolute atomic E-state index is 11.9. The molecule has 0 spiro atoms. The number of hydrogen-bond acceptors (Lipinski definition) is 2. The molecule has 21 heavy (non-hydrogen) atoms. The van der Waals surface area contributed by atoms with E-state index >= 15 is 0 Å². The molecule has 0 aromatic heterocycles. The predicted molar refractivity (Wildman–Crippen MR) is 86.5 cm³/mol. The molecular weight excluding hydrogens is 309 g/mol. The highest BCUT2D eigenvalue weighted by atomic mass is 35.5. The van der Waals surface area contributed by atoms with Crippen LogP contribution in [0.2, 0.25) is 10.0 Å². The first-order valence-corrected chi connectivity index (χ1v) is 7.17. The summed E-state index contributed by atoms with van der Waals surface area (Å²) < 4.78 is 5.39. The monoisotopic (exact) mass is 323 g/mol. The number of carbonyl (C=O) groups is 1. The Bertz CT molecular complexity index is 671. The Labute approximate surface area is 133 Å². The second-order valence-corrected chi connectivity index (χ2v) is 5.50. The molecule has 3 nitrogen and oxygen atoms in total.